The summed E-state index contributed by atoms with van der Waals surface area (Å²) < 4.78 is 49.6. The first-order valence-corrected chi connectivity index (χ1v) is 8.98. The van der Waals surface area contributed by atoms with Gasteiger partial charge >= 0.3 is 0 Å². The Labute approximate surface area is 126 Å². The average molecular weight is 343 g/mol. The quantitative estimate of drug-likeness (QED) is 0.807. The first-order chi connectivity index (χ1) is 8.58. The van der Waals surface area contributed by atoms with Crippen LogP contribution >= 0.6 is 12.4 Å². The summed E-state index contributed by atoms with van der Waals surface area (Å²) in [5.41, 5.74) is 5.85. The highest BCUT2D eigenvalue weighted by atomic mass is 35.5. The zero-order valence-corrected chi connectivity index (χ0v) is 13.9. The van der Waals surface area contributed by atoms with Gasteiger partial charge in [0.05, 0.1) is 9.79 Å². The summed E-state index contributed by atoms with van der Waals surface area (Å²) in [7, 11) is -7.23. The van der Waals surface area contributed by atoms with Gasteiger partial charge in [0.15, 0.2) is 9.84 Å². The Kier molecular flexibility index (Phi) is 6.63. The molecular weight excluding hydrogens is 324 g/mol. The number of nitrogens with two attached hydrogens (primary N) is 1. The minimum Gasteiger partial charge on any atom is -0.329 e. The van der Waals surface area contributed by atoms with E-state index in [-0.39, 0.29) is 28.7 Å². The first kappa shape index (κ1) is 19.3. The van der Waals surface area contributed by atoms with Crippen molar-refractivity contribution in [1.82, 2.24) is 4.72 Å². The molecule has 6 nitrogen and oxygen atoms in total. The third kappa shape index (κ3) is 4.71. The van der Waals surface area contributed by atoms with E-state index < -0.39 is 25.9 Å². The molecule has 0 bridgehead atoms. The van der Waals surface area contributed by atoms with Gasteiger partial charge in [0.2, 0.25) is 10.0 Å². The summed E-state index contributed by atoms with van der Waals surface area (Å²) >= 11 is 0. The number of nitrogens with one attached hydrogen (secondary N) is 1. The minimum absolute atomic E-state index is 0. The van der Waals surface area contributed by atoms with Crippen molar-refractivity contribution in [1.29, 1.82) is 0 Å². The van der Waals surface area contributed by atoms with Crippen LogP contribution in [0.3, 0.4) is 0 Å². The monoisotopic (exact) mass is 342 g/mol. The van der Waals surface area contributed by atoms with Crippen LogP contribution in [-0.2, 0) is 19.9 Å². The highest BCUT2D eigenvalue weighted by Crippen LogP contribution is 2.20. The van der Waals surface area contributed by atoms with Crippen molar-refractivity contribution in [2.45, 2.75) is 29.7 Å². The maximum Gasteiger partial charge on any atom is 0.241 e. The molecule has 1 aromatic rings. The zero-order valence-electron chi connectivity index (χ0n) is 11.5. The molecule has 0 saturated carbocycles. The summed E-state index contributed by atoms with van der Waals surface area (Å²) in [6.45, 7) is 3.39. The number of benzene rings is 1. The first-order valence-electron chi connectivity index (χ1n) is 5.61. The Morgan fingerprint density at radius 1 is 1.25 bits per heavy atom. The van der Waals surface area contributed by atoms with Gasteiger partial charge in [-0.05, 0) is 31.5 Å². The minimum atomic E-state index is -3.78. The number of rotatable bonds is 5. The standard InChI is InChI=1S/C11H18N2O4S2.ClH/c1-8-4-5-10(18(3,14)15)6-11(8)19(16,17)13-9(2)7-12;/h4-6,9,13H,7,12H2,1-3H3;1H/t9-;/m0./s1. The second-order valence-corrected chi connectivity index (χ2v) is 8.16. The van der Waals surface area contributed by atoms with Crippen LogP contribution in [0.25, 0.3) is 0 Å². The number of sulfone groups is 1. The van der Waals surface area contributed by atoms with Gasteiger partial charge in [-0.3, -0.25) is 0 Å². The number of halogens is 1. The number of aryl methyl sites for hydroxylation is 1. The fourth-order valence-corrected chi connectivity index (χ4v) is 3.73. The lowest BCUT2D eigenvalue weighted by atomic mass is 10.2. The van der Waals surface area contributed by atoms with Crippen LogP contribution in [0, 0.1) is 6.92 Å². The maximum atomic E-state index is 12.1. The molecule has 0 amide bonds. The van der Waals surface area contributed by atoms with Crippen molar-refractivity contribution in [3.05, 3.63) is 23.8 Å². The summed E-state index contributed by atoms with van der Waals surface area (Å²) in [6.07, 6.45) is 1.03. The van der Waals surface area contributed by atoms with E-state index in [1.165, 1.54) is 12.1 Å². The number of hydrogen-bond donors (Lipinski definition) is 2. The Balaban J connectivity index is 0.00000361. The van der Waals surface area contributed by atoms with E-state index >= 15 is 0 Å². The van der Waals surface area contributed by atoms with Crippen molar-refractivity contribution in [3.8, 4) is 0 Å². The third-order valence-corrected chi connectivity index (χ3v) is 5.43. The molecule has 0 heterocycles. The van der Waals surface area contributed by atoms with Crippen LogP contribution < -0.4 is 10.5 Å². The summed E-state index contributed by atoms with van der Waals surface area (Å²) in [4.78, 5) is -0.0744. The van der Waals surface area contributed by atoms with Gasteiger partial charge in [-0.25, -0.2) is 21.6 Å². The molecule has 0 aliphatic heterocycles. The number of sulfonamides is 1. The largest absolute Gasteiger partial charge is 0.329 e. The molecule has 0 aromatic heterocycles. The van der Waals surface area contributed by atoms with Gasteiger partial charge < -0.3 is 5.73 Å². The Hall–Kier alpha value is -0.670. The lowest BCUT2D eigenvalue weighted by molar-refractivity contribution is 0.562. The van der Waals surface area contributed by atoms with Crippen LogP contribution in [0.2, 0.25) is 0 Å². The van der Waals surface area contributed by atoms with Crippen molar-refractivity contribution in [3.63, 3.8) is 0 Å². The maximum absolute atomic E-state index is 12.1. The van der Waals surface area contributed by atoms with Crippen LogP contribution in [0.1, 0.15) is 12.5 Å². The van der Waals surface area contributed by atoms with E-state index in [1.54, 1.807) is 13.8 Å². The summed E-state index contributed by atoms with van der Waals surface area (Å²) in [5, 5.41) is 0. The molecule has 0 aliphatic carbocycles. The molecule has 0 spiro atoms. The van der Waals surface area contributed by atoms with E-state index in [4.69, 9.17) is 5.73 Å². The highest BCUT2D eigenvalue weighted by molar-refractivity contribution is 7.91. The zero-order chi connectivity index (χ0) is 14.8. The Morgan fingerprint density at radius 3 is 2.25 bits per heavy atom. The van der Waals surface area contributed by atoms with Gasteiger partial charge in [0.25, 0.3) is 0 Å². The fraction of sp³-hybridized carbons (Fsp3) is 0.455. The Bertz CT molecular complexity index is 672. The smallest absolute Gasteiger partial charge is 0.241 e. The lowest BCUT2D eigenvalue weighted by Crippen LogP contribution is -2.38. The van der Waals surface area contributed by atoms with Gasteiger partial charge in [-0.2, -0.15) is 0 Å². The van der Waals surface area contributed by atoms with Crippen LogP contribution in [0.4, 0.5) is 0 Å². The van der Waals surface area contributed by atoms with Crippen molar-refractivity contribution < 1.29 is 16.8 Å². The second kappa shape index (κ2) is 6.86. The van der Waals surface area contributed by atoms with Gasteiger partial charge in [0.1, 0.15) is 0 Å². The second-order valence-electron chi connectivity index (χ2n) is 4.46. The molecule has 0 unspecified atom stereocenters. The van der Waals surface area contributed by atoms with E-state index in [1.807, 2.05) is 0 Å². The molecular formula is C11H19ClN2O4S2. The SMILES string of the molecule is Cc1ccc(S(C)(=O)=O)cc1S(=O)(=O)N[C@@H](C)CN.Cl. The van der Waals surface area contributed by atoms with E-state index in [2.05, 4.69) is 4.72 Å². The lowest BCUT2D eigenvalue weighted by Gasteiger charge is -2.14. The molecule has 0 radical (unpaired) electrons. The molecule has 3 N–H and O–H groups in total. The molecule has 1 rings (SSSR count). The topological polar surface area (TPSA) is 106 Å². The van der Waals surface area contributed by atoms with Gasteiger partial charge in [-0.1, -0.05) is 6.07 Å². The molecule has 20 heavy (non-hydrogen) atoms. The van der Waals surface area contributed by atoms with Crippen LogP contribution in [0.15, 0.2) is 28.0 Å². The fourth-order valence-electron chi connectivity index (χ4n) is 1.48. The highest BCUT2D eigenvalue weighted by Gasteiger charge is 2.21. The molecule has 0 aliphatic rings. The normalized spacial score (nSPS) is 13.6. The summed E-state index contributed by atoms with van der Waals surface area (Å²) in [5.74, 6) is 0. The number of hydrogen-bond acceptors (Lipinski definition) is 5. The molecule has 116 valence electrons. The molecule has 0 saturated heterocycles. The third-order valence-electron chi connectivity index (χ3n) is 2.59. The van der Waals surface area contributed by atoms with E-state index in [9.17, 15) is 16.8 Å². The molecule has 1 aromatic carbocycles. The average Bonchev–Trinajstić information content (AvgIpc) is 2.26. The van der Waals surface area contributed by atoms with Crippen molar-refractivity contribution in [2.75, 3.05) is 12.8 Å². The predicted molar refractivity (Wildman–Crippen MR) is 80.4 cm³/mol. The van der Waals surface area contributed by atoms with Crippen molar-refractivity contribution in [2.24, 2.45) is 5.73 Å². The van der Waals surface area contributed by atoms with E-state index in [0.717, 1.165) is 12.3 Å². The van der Waals surface area contributed by atoms with Crippen molar-refractivity contribution >= 4 is 32.3 Å². The predicted octanol–water partition coefficient (Wildman–Crippen LogP) is 0.446. The molecule has 1 atom stereocenters. The molecule has 0 fully saturated rings. The van der Waals surface area contributed by atoms with Gasteiger partial charge in [0, 0.05) is 18.8 Å². The molecule has 9 heteroatoms. The van der Waals surface area contributed by atoms with Crippen LogP contribution in [0.5, 0.6) is 0 Å². The summed E-state index contributed by atoms with van der Waals surface area (Å²) in [6, 6.07) is 3.59. The van der Waals surface area contributed by atoms with Crippen LogP contribution in [-0.4, -0.2) is 35.7 Å². The Morgan fingerprint density at radius 2 is 1.80 bits per heavy atom. The van der Waals surface area contributed by atoms with E-state index in [0.29, 0.717) is 5.56 Å². The van der Waals surface area contributed by atoms with Gasteiger partial charge in [-0.15, -0.1) is 12.4 Å².